The van der Waals surface area contributed by atoms with Gasteiger partial charge < -0.3 is 5.73 Å². The zero-order valence-corrected chi connectivity index (χ0v) is 9.09. The molecule has 2 N–H and O–H groups in total. The highest BCUT2D eigenvalue weighted by Crippen LogP contribution is 2.14. The minimum Gasteiger partial charge on any atom is -0.327 e. The lowest BCUT2D eigenvalue weighted by atomic mass is 9.95. The SMILES string of the molecule is CC(C)=CCN1CCC(N)C(C)C1. The normalized spacial score (nSPS) is 30.2. The molecule has 0 amide bonds. The molecule has 1 heterocycles. The number of hydrogen-bond donors (Lipinski definition) is 1. The highest BCUT2D eigenvalue weighted by molar-refractivity contribution is 4.96. The molecule has 1 aliphatic heterocycles. The van der Waals surface area contributed by atoms with E-state index in [1.165, 1.54) is 5.57 Å². The summed E-state index contributed by atoms with van der Waals surface area (Å²) in [5.41, 5.74) is 7.36. The number of nitrogens with zero attached hydrogens (tertiary/aromatic N) is 1. The molecule has 0 aromatic heterocycles. The van der Waals surface area contributed by atoms with E-state index < -0.39 is 0 Å². The van der Waals surface area contributed by atoms with Gasteiger partial charge in [-0.1, -0.05) is 18.6 Å². The van der Waals surface area contributed by atoms with Crippen molar-refractivity contribution in [3.05, 3.63) is 11.6 Å². The monoisotopic (exact) mass is 182 g/mol. The Morgan fingerprint density at radius 1 is 1.54 bits per heavy atom. The summed E-state index contributed by atoms with van der Waals surface area (Å²) in [6.07, 6.45) is 3.45. The summed E-state index contributed by atoms with van der Waals surface area (Å²) in [5.74, 6) is 0.652. The topological polar surface area (TPSA) is 29.3 Å². The van der Waals surface area contributed by atoms with Gasteiger partial charge in [-0.25, -0.2) is 0 Å². The van der Waals surface area contributed by atoms with Crippen LogP contribution in [-0.4, -0.2) is 30.6 Å². The third-order valence-electron chi connectivity index (χ3n) is 2.81. The predicted octanol–water partition coefficient (Wildman–Crippen LogP) is 1.62. The number of nitrogens with two attached hydrogens (primary N) is 1. The molecule has 1 aliphatic rings. The van der Waals surface area contributed by atoms with E-state index in [1.807, 2.05) is 0 Å². The Kier molecular flexibility index (Phi) is 3.94. The molecule has 1 saturated heterocycles. The first kappa shape index (κ1) is 10.7. The van der Waals surface area contributed by atoms with Crippen LogP contribution in [0.5, 0.6) is 0 Å². The highest BCUT2D eigenvalue weighted by atomic mass is 15.1. The summed E-state index contributed by atoms with van der Waals surface area (Å²) in [6.45, 7) is 9.97. The molecule has 0 radical (unpaired) electrons. The highest BCUT2D eigenvalue weighted by Gasteiger charge is 2.21. The Morgan fingerprint density at radius 3 is 2.77 bits per heavy atom. The predicted molar refractivity (Wildman–Crippen MR) is 57.6 cm³/mol. The molecule has 2 unspecified atom stereocenters. The van der Waals surface area contributed by atoms with Crippen molar-refractivity contribution in [1.82, 2.24) is 4.90 Å². The molecule has 0 bridgehead atoms. The summed E-state index contributed by atoms with van der Waals surface area (Å²) in [4.78, 5) is 2.49. The van der Waals surface area contributed by atoms with Crippen molar-refractivity contribution in [2.24, 2.45) is 11.7 Å². The Morgan fingerprint density at radius 2 is 2.23 bits per heavy atom. The lowest BCUT2D eigenvalue weighted by molar-refractivity contribution is 0.179. The molecule has 1 rings (SSSR count). The molecule has 2 heteroatoms. The van der Waals surface area contributed by atoms with Crippen molar-refractivity contribution in [3.63, 3.8) is 0 Å². The summed E-state index contributed by atoms with van der Waals surface area (Å²) < 4.78 is 0. The fraction of sp³-hybridized carbons (Fsp3) is 0.818. The number of allylic oxidation sites excluding steroid dienone is 1. The fourth-order valence-corrected chi connectivity index (χ4v) is 1.73. The van der Waals surface area contributed by atoms with Gasteiger partial charge in [-0.3, -0.25) is 4.90 Å². The van der Waals surface area contributed by atoms with Gasteiger partial charge in [0.25, 0.3) is 0 Å². The molecule has 0 spiro atoms. The molecular formula is C11H22N2. The molecule has 0 aliphatic carbocycles. The molecular weight excluding hydrogens is 160 g/mol. The van der Waals surface area contributed by atoms with E-state index in [2.05, 4.69) is 31.7 Å². The Labute approximate surface area is 81.8 Å². The van der Waals surface area contributed by atoms with Crippen molar-refractivity contribution >= 4 is 0 Å². The first-order valence-corrected chi connectivity index (χ1v) is 5.21. The third-order valence-corrected chi connectivity index (χ3v) is 2.81. The minimum absolute atomic E-state index is 0.419. The summed E-state index contributed by atoms with van der Waals surface area (Å²) in [7, 11) is 0. The maximum atomic E-state index is 5.95. The average Bonchev–Trinajstić information content (AvgIpc) is 2.07. The van der Waals surface area contributed by atoms with E-state index in [0.717, 1.165) is 26.1 Å². The van der Waals surface area contributed by atoms with Crippen molar-refractivity contribution in [1.29, 1.82) is 0 Å². The molecule has 0 saturated carbocycles. The van der Waals surface area contributed by atoms with Crippen LogP contribution >= 0.6 is 0 Å². The lowest BCUT2D eigenvalue weighted by Crippen LogP contribution is -2.45. The van der Waals surface area contributed by atoms with Gasteiger partial charge in [0.05, 0.1) is 0 Å². The van der Waals surface area contributed by atoms with E-state index >= 15 is 0 Å². The van der Waals surface area contributed by atoms with Gasteiger partial charge in [-0.05, 0) is 32.7 Å². The second-order valence-electron chi connectivity index (χ2n) is 4.47. The quantitative estimate of drug-likeness (QED) is 0.658. The van der Waals surface area contributed by atoms with Gasteiger partial charge in [0.2, 0.25) is 0 Å². The largest absolute Gasteiger partial charge is 0.327 e. The van der Waals surface area contributed by atoms with Crippen LogP contribution in [0.15, 0.2) is 11.6 Å². The van der Waals surface area contributed by atoms with Gasteiger partial charge in [0.15, 0.2) is 0 Å². The summed E-state index contributed by atoms with van der Waals surface area (Å²) in [6, 6.07) is 0.419. The summed E-state index contributed by atoms with van der Waals surface area (Å²) >= 11 is 0. The number of likely N-dealkylation sites (tertiary alicyclic amines) is 1. The molecule has 0 aromatic carbocycles. The molecule has 13 heavy (non-hydrogen) atoms. The van der Waals surface area contributed by atoms with E-state index in [4.69, 9.17) is 5.73 Å². The molecule has 0 aromatic rings. The van der Waals surface area contributed by atoms with E-state index in [0.29, 0.717) is 12.0 Å². The van der Waals surface area contributed by atoms with E-state index in [-0.39, 0.29) is 0 Å². The van der Waals surface area contributed by atoms with Gasteiger partial charge in [-0.2, -0.15) is 0 Å². The number of rotatable bonds is 2. The fourth-order valence-electron chi connectivity index (χ4n) is 1.73. The van der Waals surface area contributed by atoms with Crippen LogP contribution in [-0.2, 0) is 0 Å². The van der Waals surface area contributed by atoms with Gasteiger partial charge >= 0.3 is 0 Å². The van der Waals surface area contributed by atoms with Crippen LogP contribution in [0.3, 0.4) is 0 Å². The van der Waals surface area contributed by atoms with Crippen molar-refractivity contribution in [3.8, 4) is 0 Å². The Bertz CT molecular complexity index is 183. The third kappa shape index (κ3) is 3.49. The van der Waals surface area contributed by atoms with Gasteiger partial charge in [0, 0.05) is 19.1 Å². The Hall–Kier alpha value is -0.340. The zero-order chi connectivity index (χ0) is 9.84. The average molecular weight is 182 g/mol. The summed E-state index contributed by atoms with van der Waals surface area (Å²) in [5, 5.41) is 0. The van der Waals surface area contributed by atoms with Crippen LogP contribution in [0.2, 0.25) is 0 Å². The first-order valence-electron chi connectivity index (χ1n) is 5.21. The maximum absolute atomic E-state index is 5.95. The van der Waals surface area contributed by atoms with Crippen molar-refractivity contribution in [2.45, 2.75) is 33.2 Å². The smallest absolute Gasteiger partial charge is 0.0165 e. The van der Waals surface area contributed by atoms with Crippen LogP contribution in [0, 0.1) is 5.92 Å². The minimum atomic E-state index is 0.419. The first-order chi connectivity index (χ1) is 6.09. The Balaban J connectivity index is 2.33. The van der Waals surface area contributed by atoms with Crippen molar-refractivity contribution in [2.75, 3.05) is 19.6 Å². The number of hydrogen-bond acceptors (Lipinski definition) is 2. The standard InChI is InChI=1S/C11H22N2/c1-9(2)4-6-13-7-5-11(12)10(3)8-13/h4,10-11H,5-8,12H2,1-3H3. The van der Waals surface area contributed by atoms with Crippen molar-refractivity contribution < 1.29 is 0 Å². The van der Waals surface area contributed by atoms with Crippen LogP contribution in [0.4, 0.5) is 0 Å². The molecule has 76 valence electrons. The van der Waals surface area contributed by atoms with E-state index in [9.17, 15) is 0 Å². The molecule has 1 fully saturated rings. The van der Waals surface area contributed by atoms with Gasteiger partial charge in [-0.15, -0.1) is 0 Å². The molecule has 2 nitrogen and oxygen atoms in total. The van der Waals surface area contributed by atoms with E-state index in [1.54, 1.807) is 0 Å². The van der Waals surface area contributed by atoms with Crippen LogP contribution in [0.1, 0.15) is 27.2 Å². The van der Waals surface area contributed by atoms with Crippen LogP contribution in [0.25, 0.3) is 0 Å². The molecule has 2 atom stereocenters. The van der Waals surface area contributed by atoms with Crippen LogP contribution < -0.4 is 5.73 Å². The lowest BCUT2D eigenvalue weighted by Gasteiger charge is -2.34. The second-order valence-corrected chi connectivity index (χ2v) is 4.47. The zero-order valence-electron chi connectivity index (χ0n) is 9.09. The number of piperidine rings is 1. The second kappa shape index (κ2) is 4.77. The maximum Gasteiger partial charge on any atom is 0.0165 e. The van der Waals surface area contributed by atoms with Gasteiger partial charge in [0.1, 0.15) is 0 Å².